The van der Waals surface area contributed by atoms with Gasteiger partial charge in [0.25, 0.3) is 5.95 Å². The second-order valence-electron chi connectivity index (χ2n) is 5.78. The number of nitrogen functional groups attached to an aromatic ring is 1. The van der Waals surface area contributed by atoms with Gasteiger partial charge in [0.1, 0.15) is 5.82 Å². The summed E-state index contributed by atoms with van der Waals surface area (Å²) < 4.78 is 12.2. The second-order valence-corrected chi connectivity index (χ2v) is 5.78. The van der Waals surface area contributed by atoms with Crippen molar-refractivity contribution >= 4 is 5.82 Å². The summed E-state index contributed by atoms with van der Waals surface area (Å²) in [5.41, 5.74) is 10.6. The molecule has 3 aromatic rings. The third kappa shape index (κ3) is 3.00. The monoisotopic (exact) mass is 339 g/mol. The zero-order valence-corrected chi connectivity index (χ0v) is 15.0. The molecule has 0 aliphatic heterocycles. The molecule has 0 aliphatic carbocycles. The maximum Gasteiger partial charge on any atom is 0.252 e. The Morgan fingerprint density at radius 1 is 0.920 bits per heavy atom. The van der Waals surface area contributed by atoms with Gasteiger partial charge in [-0.1, -0.05) is 6.07 Å². The summed E-state index contributed by atoms with van der Waals surface area (Å²) in [4.78, 5) is 8.88. The van der Waals surface area contributed by atoms with E-state index in [1.807, 2.05) is 45.0 Å². The highest BCUT2D eigenvalue weighted by molar-refractivity contribution is 5.78. The summed E-state index contributed by atoms with van der Waals surface area (Å²) in [6.07, 6.45) is 0. The smallest absolute Gasteiger partial charge is 0.252 e. The Morgan fingerprint density at radius 3 is 2.16 bits per heavy atom. The molecule has 0 saturated carbocycles. The van der Waals surface area contributed by atoms with Gasteiger partial charge >= 0.3 is 0 Å². The van der Waals surface area contributed by atoms with Gasteiger partial charge < -0.3 is 15.2 Å². The first kappa shape index (κ1) is 16.8. The second kappa shape index (κ2) is 6.43. The maximum absolute atomic E-state index is 6.38. The van der Waals surface area contributed by atoms with Crippen LogP contribution >= 0.6 is 0 Å². The highest BCUT2D eigenvalue weighted by Gasteiger charge is 2.19. The van der Waals surface area contributed by atoms with Crippen molar-refractivity contribution in [3.63, 3.8) is 0 Å². The van der Waals surface area contributed by atoms with Crippen molar-refractivity contribution in [3.05, 3.63) is 41.3 Å². The van der Waals surface area contributed by atoms with Gasteiger partial charge in [0.2, 0.25) is 0 Å². The largest absolute Gasteiger partial charge is 0.493 e. The molecule has 130 valence electrons. The maximum atomic E-state index is 6.38. The van der Waals surface area contributed by atoms with Crippen LogP contribution in [0.5, 0.6) is 11.5 Å². The molecule has 2 heterocycles. The van der Waals surface area contributed by atoms with Gasteiger partial charge in [-0.25, -0.2) is 9.97 Å². The number of hydrogen-bond donors (Lipinski definition) is 1. The van der Waals surface area contributed by atoms with E-state index in [9.17, 15) is 0 Å². The van der Waals surface area contributed by atoms with Crippen LogP contribution in [-0.4, -0.2) is 34.0 Å². The zero-order valence-electron chi connectivity index (χ0n) is 15.0. The van der Waals surface area contributed by atoms with Crippen LogP contribution in [0.4, 0.5) is 5.82 Å². The first-order valence-electron chi connectivity index (χ1n) is 7.84. The van der Waals surface area contributed by atoms with Gasteiger partial charge in [-0.3, -0.25) is 0 Å². The van der Waals surface area contributed by atoms with Gasteiger partial charge in [0, 0.05) is 17.0 Å². The van der Waals surface area contributed by atoms with Gasteiger partial charge in [-0.15, -0.1) is 0 Å². The lowest BCUT2D eigenvalue weighted by atomic mass is 10.1. The number of methoxy groups -OCH3 is 2. The summed E-state index contributed by atoms with van der Waals surface area (Å²) >= 11 is 0. The van der Waals surface area contributed by atoms with E-state index in [1.165, 1.54) is 0 Å². The van der Waals surface area contributed by atoms with Crippen LogP contribution in [0.15, 0.2) is 24.3 Å². The summed E-state index contributed by atoms with van der Waals surface area (Å²) in [6.45, 7) is 5.74. The van der Waals surface area contributed by atoms with Crippen molar-refractivity contribution in [1.29, 1.82) is 0 Å². The molecule has 3 rings (SSSR count). The molecule has 0 unspecified atom stereocenters. The third-order valence-corrected chi connectivity index (χ3v) is 3.93. The summed E-state index contributed by atoms with van der Waals surface area (Å²) in [7, 11) is 3.21. The van der Waals surface area contributed by atoms with Crippen LogP contribution in [0, 0.1) is 20.8 Å². The van der Waals surface area contributed by atoms with Crippen LogP contribution in [0.1, 0.15) is 17.1 Å². The molecule has 2 aromatic heterocycles. The number of anilines is 1. The van der Waals surface area contributed by atoms with E-state index in [-0.39, 0.29) is 0 Å². The Bertz CT molecular complexity index is 913. The van der Waals surface area contributed by atoms with Crippen molar-refractivity contribution in [2.24, 2.45) is 0 Å². The Morgan fingerprint density at radius 2 is 1.56 bits per heavy atom. The molecule has 2 N–H and O–H groups in total. The fourth-order valence-electron chi connectivity index (χ4n) is 2.85. The van der Waals surface area contributed by atoms with Crippen LogP contribution in [0.25, 0.3) is 17.1 Å². The molecule has 0 radical (unpaired) electrons. The Hall–Kier alpha value is -3.09. The number of ether oxygens (including phenoxy) is 2. The summed E-state index contributed by atoms with van der Waals surface area (Å²) in [5, 5.41) is 4.53. The lowest BCUT2D eigenvalue weighted by molar-refractivity contribution is 0.355. The van der Waals surface area contributed by atoms with Crippen LogP contribution in [0.2, 0.25) is 0 Å². The van der Waals surface area contributed by atoms with E-state index < -0.39 is 0 Å². The topological polar surface area (TPSA) is 88.1 Å². The first-order chi connectivity index (χ1) is 11.9. The van der Waals surface area contributed by atoms with Crippen LogP contribution in [0.3, 0.4) is 0 Å². The van der Waals surface area contributed by atoms with Crippen molar-refractivity contribution in [1.82, 2.24) is 19.7 Å². The molecule has 25 heavy (non-hydrogen) atoms. The molecule has 0 spiro atoms. The van der Waals surface area contributed by atoms with Crippen LogP contribution in [-0.2, 0) is 0 Å². The highest BCUT2D eigenvalue weighted by Crippen LogP contribution is 2.36. The number of nitrogens with zero attached hydrogens (tertiary/aromatic N) is 4. The molecule has 1 aromatic carbocycles. The average Bonchev–Trinajstić information content (AvgIpc) is 2.88. The third-order valence-electron chi connectivity index (χ3n) is 3.93. The average molecular weight is 339 g/mol. The van der Waals surface area contributed by atoms with Gasteiger partial charge in [-0.05, 0) is 44.5 Å². The standard InChI is InChI=1S/C18H21N5O2/c1-10-8-11(2)21-18(20-10)23-17(19)16(12(3)22-23)13-6-7-14(24-4)15(9-13)25-5/h6-9H,19H2,1-5H3. The van der Waals surface area contributed by atoms with Crippen molar-refractivity contribution in [2.75, 3.05) is 20.0 Å². The summed E-state index contributed by atoms with van der Waals surface area (Å²) in [5.74, 6) is 2.24. The number of rotatable bonds is 4. The van der Waals surface area contributed by atoms with Crippen molar-refractivity contribution < 1.29 is 9.47 Å². The molecule has 0 amide bonds. The minimum absolute atomic E-state index is 0.463. The fourth-order valence-corrected chi connectivity index (χ4v) is 2.85. The fraction of sp³-hybridized carbons (Fsp3) is 0.278. The normalized spacial score (nSPS) is 10.8. The molecule has 0 fully saturated rings. The van der Waals surface area contributed by atoms with Gasteiger partial charge in [-0.2, -0.15) is 9.78 Å². The number of nitrogens with two attached hydrogens (primary N) is 1. The SMILES string of the molecule is COc1ccc(-c2c(C)nn(-c3nc(C)cc(C)n3)c2N)cc1OC. The van der Waals surface area contributed by atoms with E-state index in [1.54, 1.807) is 18.9 Å². The van der Waals surface area contributed by atoms with E-state index in [2.05, 4.69) is 15.1 Å². The lowest BCUT2D eigenvalue weighted by Gasteiger charge is -2.10. The lowest BCUT2D eigenvalue weighted by Crippen LogP contribution is -2.08. The molecule has 0 saturated heterocycles. The quantitative estimate of drug-likeness (QED) is 0.786. The number of hydrogen-bond acceptors (Lipinski definition) is 6. The Balaban J connectivity index is 2.15. The van der Waals surface area contributed by atoms with E-state index in [0.717, 1.165) is 28.2 Å². The molecule has 7 heteroatoms. The first-order valence-corrected chi connectivity index (χ1v) is 7.84. The van der Waals surface area contributed by atoms with Crippen molar-refractivity contribution in [2.45, 2.75) is 20.8 Å². The number of benzene rings is 1. The molecule has 0 aliphatic rings. The Kier molecular flexibility index (Phi) is 4.31. The molecule has 7 nitrogen and oxygen atoms in total. The number of aryl methyl sites for hydroxylation is 3. The molecular weight excluding hydrogens is 318 g/mol. The highest BCUT2D eigenvalue weighted by atomic mass is 16.5. The van der Waals surface area contributed by atoms with Gasteiger partial charge in [0.05, 0.1) is 19.9 Å². The van der Waals surface area contributed by atoms with E-state index in [0.29, 0.717) is 23.3 Å². The van der Waals surface area contributed by atoms with E-state index in [4.69, 9.17) is 15.2 Å². The predicted octanol–water partition coefficient (Wildman–Crippen LogP) is 2.85. The number of aromatic nitrogens is 4. The van der Waals surface area contributed by atoms with Gasteiger partial charge in [0.15, 0.2) is 11.5 Å². The predicted molar refractivity (Wildman–Crippen MR) is 96.3 cm³/mol. The van der Waals surface area contributed by atoms with E-state index >= 15 is 0 Å². The Labute approximate surface area is 146 Å². The van der Waals surface area contributed by atoms with Crippen molar-refractivity contribution in [3.8, 4) is 28.6 Å². The molecule has 0 atom stereocenters. The minimum atomic E-state index is 0.463. The summed E-state index contributed by atoms with van der Waals surface area (Å²) in [6, 6.07) is 7.56. The van der Waals surface area contributed by atoms with Crippen LogP contribution < -0.4 is 15.2 Å². The molecule has 0 bridgehead atoms. The zero-order chi connectivity index (χ0) is 18.1. The molecular formula is C18H21N5O2. The minimum Gasteiger partial charge on any atom is -0.493 e.